The van der Waals surface area contributed by atoms with Crippen molar-refractivity contribution in [2.45, 2.75) is 11.8 Å². The smallest absolute Gasteiger partial charge is 0.268 e. The molecule has 90 valence electrons. The zero-order chi connectivity index (χ0) is 12.5. The molecule has 1 aromatic carbocycles. The van der Waals surface area contributed by atoms with Crippen molar-refractivity contribution in [3.8, 4) is 5.75 Å². The van der Waals surface area contributed by atoms with Crippen molar-refractivity contribution < 1.29 is 13.2 Å². The molecule has 2 rings (SSSR count). The second kappa shape index (κ2) is 4.21. The van der Waals surface area contributed by atoms with E-state index in [1.807, 2.05) is 0 Å². The lowest BCUT2D eigenvalue weighted by Crippen LogP contribution is -2.11. The summed E-state index contributed by atoms with van der Waals surface area (Å²) in [4.78, 5) is 3.95. The van der Waals surface area contributed by atoms with Crippen LogP contribution >= 0.6 is 0 Å². The van der Waals surface area contributed by atoms with E-state index in [2.05, 4.69) is 4.98 Å². The van der Waals surface area contributed by atoms with Crippen LogP contribution in [0.2, 0.25) is 0 Å². The van der Waals surface area contributed by atoms with E-state index in [-0.39, 0.29) is 4.90 Å². The molecule has 0 amide bonds. The normalized spacial score (nSPS) is 11.4. The summed E-state index contributed by atoms with van der Waals surface area (Å²) in [6.07, 6.45) is 4.08. The fourth-order valence-electron chi connectivity index (χ4n) is 1.52. The van der Waals surface area contributed by atoms with Gasteiger partial charge in [-0.2, -0.15) is 0 Å². The summed E-state index contributed by atoms with van der Waals surface area (Å²) < 4.78 is 30.4. The van der Waals surface area contributed by atoms with Crippen molar-refractivity contribution in [2.24, 2.45) is 0 Å². The summed E-state index contributed by atoms with van der Waals surface area (Å²) in [6.45, 7) is 1.80. The second-order valence-electron chi connectivity index (χ2n) is 3.53. The molecule has 0 spiro atoms. The summed E-state index contributed by atoms with van der Waals surface area (Å²) in [5.74, 6) is 0.662. The Morgan fingerprint density at radius 1 is 1.35 bits per heavy atom. The van der Waals surface area contributed by atoms with Gasteiger partial charge in [-0.1, -0.05) is 0 Å². The topological polar surface area (TPSA) is 61.2 Å². The maximum Gasteiger partial charge on any atom is 0.268 e. The molecule has 0 fully saturated rings. The number of benzene rings is 1. The van der Waals surface area contributed by atoms with Crippen LogP contribution in [0, 0.1) is 6.92 Å². The molecule has 1 heterocycles. The van der Waals surface area contributed by atoms with Gasteiger partial charge in [-0.25, -0.2) is 17.4 Å². The van der Waals surface area contributed by atoms with Crippen LogP contribution in [0.5, 0.6) is 5.75 Å². The van der Waals surface area contributed by atoms with Gasteiger partial charge in [-0.05, 0) is 30.7 Å². The molecule has 0 radical (unpaired) electrons. The molecule has 1 aromatic heterocycles. The number of hydrogen-bond donors (Lipinski definition) is 0. The van der Waals surface area contributed by atoms with Crippen molar-refractivity contribution in [1.29, 1.82) is 0 Å². The first-order chi connectivity index (χ1) is 8.05. The van der Waals surface area contributed by atoms with E-state index in [4.69, 9.17) is 4.74 Å². The summed E-state index contributed by atoms with van der Waals surface area (Å²) in [7, 11) is -2.00. The molecule has 17 heavy (non-hydrogen) atoms. The van der Waals surface area contributed by atoms with Gasteiger partial charge in [0.15, 0.2) is 0 Å². The van der Waals surface area contributed by atoms with Crippen molar-refractivity contribution in [2.75, 3.05) is 7.11 Å². The van der Waals surface area contributed by atoms with Gasteiger partial charge < -0.3 is 4.74 Å². The summed E-state index contributed by atoms with van der Waals surface area (Å²) >= 11 is 0. The lowest BCUT2D eigenvalue weighted by Gasteiger charge is -2.08. The summed E-state index contributed by atoms with van der Waals surface area (Å²) in [6, 6.07) is 4.73. The Labute approximate surface area is 99.7 Å². The molecular weight excluding hydrogens is 240 g/mol. The minimum Gasteiger partial charge on any atom is -0.496 e. The van der Waals surface area contributed by atoms with Gasteiger partial charge in [0.1, 0.15) is 12.1 Å². The van der Waals surface area contributed by atoms with Crippen LogP contribution < -0.4 is 4.74 Å². The Bertz CT molecular complexity index is 618. The van der Waals surface area contributed by atoms with Crippen molar-refractivity contribution in [3.63, 3.8) is 0 Å². The zero-order valence-electron chi connectivity index (χ0n) is 9.49. The quantitative estimate of drug-likeness (QED) is 0.829. The molecule has 0 N–H and O–H groups in total. The fraction of sp³-hybridized carbons (Fsp3) is 0.182. The number of rotatable bonds is 3. The van der Waals surface area contributed by atoms with Gasteiger partial charge in [0.25, 0.3) is 10.0 Å². The number of nitrogens with zero attached hydrogens (tertiary/aromatic N) is 2. The average Bonchev–Trinajstić information content (AvgIpc) is 2.83. The zero-order valence-corrected chi connectivity index (χ0v) is 10.3. The first kappa shape index (κ1) is 11.7. The third-order valence-electron chi connectivity index (χ3n) is 2.42. The molecule has 0 saturated carbocycles. The third-order valence-corrected chi connectivity index (χ3v) is 4.04. The van der Waals surface area contributed by atoms with Crippen LogP contribution in [0.25, 0.3) is 0 Å². The number of aryl methyl sites for hydroxylation is 1. The van der Waals surface area contributed by atoms with E-state index in [9.17, 15) is 8.42 Å². The molecule has 0 atom stereocenters. The minimum absolute atomic E-state index is 0.216. The minimum atomic E-state index is -3.54. The molecule has 0 saturated heterocycles. The maximum absolute atomic E-state index is 12.1. The Balaban J connectivity index is 2.52. The van der Waals surface area contributed by atoms with E-state index >= 15 is 0 Å². The predicted molar refractivity (Wildman–Crippen MR) is 62.5 cm³/mol. The fourth-order valence-corrected chi connectivity index (χ4v) is 2.72. The highest BCUT2D eigenvalue weighted by Crippen LogP contribution is 2.22. The van der Waals surface area contributed by atoms with Gasteiger partial charge in [-0.15, -0.1) is 0 Å². The highest BCUT2D eigenvalue weighted by Gasteiger charge is 2.17. The number of methoxy groups -OCH3 is 1. The van der Waals surface area contributed by atoms with Crippen molar-refractivity contribution in [1.82, 2.24) is 8.96 Å². The second-order valence-corrected chi connectivity index (χ2v) is 5.37. The monoisotopic (exact) mass is 252 g/mol. The molecule has 2 aromatic rings. The summed E-state index contributed by atoms with van der Waals surface area (Å²) in [5, 5.41) is 0. The number of imidazole rings is 1. The van der Waals surface area contributed by atoms with Crippen molar-refractivity contribution in [3.05, 3.63) is 42.5 Å². The number of aromatic nitrogens is 2. The largest absolute Gasteiger partial charge is 0.496 e. The van der Waals surface area contributed by atoms with Crippen LogP contribution in [-0.4, -0.2) is 24.5 Å². The van der Waals surface area contributed by atoms with Gasteiger partial charge >= 0.3 is 0 Å². The van der Waals surface area contributed by atoms with Crippen LogP contribution in [0.4, 0.5) is 0 Å². The molecule has 0 aliphatic heterocycles. The van der Waals surface area contributed by atoms with Crippen molar-refractivity contribution >= 4 is 10.0 Å². The lowest BCUT2D eigenvalue weighted by atomic mass is 10.2. The molecule has 0 aliphatic carbocycles. The van der Waals surface area contributed by atoms with E-state index in [1.165, 1.54) is 24.8 Å². The summed E-state index contributed by atoms with van der Waals surface area (Å²) in [5.41, 5.74) is 0.772. The Morgan fingerprint density at radius 2 is 2.12 bits per heavy atom. The Kier molecular flexibility index (Phi) is 2.89. The first-order valence-electron chi connectivity index (χ1n) is 4.94. The number of hydrogen-bond acceptors (Lipinski definition) is 4. The lowest BCUT2D eigenvalue weighted by molar-refractivity contribution is 0.411. The van der Waals surface area contributed by atoms with Crippen LogP contribution in [0.15, 0.2) is 41.8 Å². The van der Waals surface area contributed by atoms with E-state index in [0.717, 1.165) is 9.54 Å². The molecule has 5 nitrogen and oxygen atoms in total. The van der Waals surface area contributed by atoms with E-state index in [1.54, 1.807) is 26.2 Å². The maximum atomic E-state index is 12.1. The molecule has 0 aliphatic rings. The highest BCUT2D eigenvalue weighted by atomic mass is 32.2. The highest BCUT2D eigenvalue weighted by molar-refractivity contribution is 7.90. The Morgan fingerprint density at radius 3 is 2.65 bits per heavy atom. The van der Waals surface area contributed by atoms with Gasteiger partial charge in [0.05, 0.1) is 12.0 Å². The van der Waals surface area contributed by atoms with E-state index in [0.29, 0.717) is 5.75 Å². The Hall–Kier alpha value is -1.82. The molecule has 0 bridgehead atoms. The molecule has 6 heteroatoms. The van der Waals surface area contributed by atoms with Crippen LogP contribution in [-0.2, 0) is 10.0 Å². The predicted octanol–water partition coefficient (Wildman–Crippen LogP) is 1.44. The SMILES string of the molecule is COc1ccc(S(=O)(=O)n2ccnc2)cc1C. The van der Waals surface area contributed by atoms with Gasteiger partial charge in [0, 0.05) is 12.4 Å². The van der Waals surface area contributed by atoms with E-state index < -0.39 is 10.0 Å². The standard InChI is InChI=1S/C11H12N2O3S/c1-9-7-10(3-4-11(9)16-2)17(14,15)13-6-5-12-8-13/h3-8H,1-2H3. The van der Waals surface area contributed by atoms with Crippen LogP contribution in [0.3, 0.4) is 0 Å². The molecular formula is C11H12N2O3S. The van der Waals surface area contributed by atoms with Gasteiger partial charge in [0.2, 0.25) is 0 Å². The van der Waals surface area contributed by atoms with Gasteiger partial charge in [-0.3, -0.25) is 0 Å². The first-order valence-corrected chi connectivity index (χ1v) is 6.38. The average molecular weight is 252 g/mol. The third kappa shape index (κ3) is 2.03. The number of ether oxygens (including phenoxy) is 1. The molecule has 0 unspecified atom stereocenters. The van der Waals surface area contributed by atoms with Crippen LogP contribution in [0.1, 0.15) is 5.56 Å².